The second-order valence-electron chi connectivity index (χ2n) is 4.24. The van der Waals surface area contributed by atoms with Crippen LogP contribution in [0.15, 0.2) is 18.2 Å². The summed E-state index contributed by atoms with van der Waals surface area (Å²) in [4.78, 5) is 22.8. The number of hydrogen-bond donors (Lipinski definition) is 2. The van der Waals surface area contributed by atoms with Crippen molar-refractivity contribution >= 4 is 11.8 Å². The minimum atomic E-state index is -0.914. The zero-order valence-electron chi connectivity index (χ0n) is 10.6. The average molecular weight is 270 g/mol. The Balaban J connectivity index is 2.64. The molecule has 4 nitrogen and oxygen atoms in total. The van der Waals surface area contributed by atoms with Crippen LogP contribution >= 0.6 is 0 Å². The summed E-state index contributed by atoms with van der Waals surface area (Å²) in [6, 6.07) is 2.97. The van der Waals surface area contributed by atoms with E-state index in [2.05, 4.69) is 5.32 Å². The van der Waals surface area contributed by atoms with Crippen molar-refractivity contribution in [3.05, 3.63) is 35.4 Å². The molecule has 1 unspecified atom stereocenters. The molecule has 0 bridgehead atoms. The first-order valence-corrected chi connectivity index (χ1v) is 5.96. The highest BCUT2D eigenvalue weighted by atomic mass is 19.1. The quantitative estimate of drug-likeness (QED) is 0.768. The van der Waals surface area contributed by atoms with E-state index in [1.807, 2.05) is 6.92 Å². The van der Waals surface area contributed by atoms with Crippen LogP contribution < -0.4 is 11.1 Å². The standard InChI is InChI=1S/C13H16F2N2O2/c1-2-3-11(12(16)18)13(19)17-7-8-4-9(14)6-10(15)5-8/h4-6,11H,2-3,7H2,1H3,(H2,16,18)(H,17,19). The number of rotatable bonds is 6. The highest BCUT2D eigenvalue weighted by Crippen LogP contribution is 2.09. The molecule has 0 heterocycles. The fourth-order valence-electron chi connectivity index (χ4n) is 1.72. The maximum Gasteiger partial charge on any atom is 0.232 e. The number of nitrogens with two attached hydrogens (primary N) is 1. The van der Waals surface area contributed by atoms with Crippen LogP contribution in [0.1, 0.15) is 25.3 Å². The van der Waals surface area contributed by atoms with E-state index in [-0.39, 0.29) is 12.1 Å². The minimum absolute atomic E-state index is 0.0546. The maximum atomic E-state index is 12.9. The molecule has 0 radical (unpaired) electrons. The van der Waals surface area contributed by atoms with Gasteiger partial charge in [0.25, 0.3) is 0 Å². The molecule has 0 aliphatic rings. The van der Waals surface area contributed by atoms with Crippen LogP contribution in [0, 0.1) is 17.6 Å². The summed E-state index contributed by atoms with van der Waals surface area (Å²) >= 11 is 0. The fourth-order valence-corrected chi connectivity index (χ4v) is 1.72. The first-order valence-electron chi connectivity index (χ1n) is 5.96. The summed E-state index contributed by atoms with van der Waals surface area (Å²) in [7, 11) is 0. The predicted octanol–water partition coefficient (Wildman–Crippen LogP) is 1.48. The van der Waals surface area contributed by atoms with E-state index in [1.54, 1.807) is 0 Å². The number of halogens is 2. The monoisotopic (exact) mass is 270 g/mol. The number of carbonyl (C=O) groups excluding carboxylic acids is 2. The maximum absolute atomic E-state index is 12.9. The Morgan fingerprint density at radius 3 is 2.32 bits per heavy atom. The van der Waals surface area contributed by atoms with Gasteiger partial charge in [0.15, 0.2) is 0 Å². The van der Waals surface area contributed by atoms with Crippen molar-refractivity contribution in [1.29, 1.82) is 0 Å². The number of hydrogen-bond acceptors (Lipinski definition) is 2. The predicted molar refractivity (Wildman–Crippen MR) is 65.8 cm³/mol. The van der Waals surface area contributed by atoms with Gasteiger partial charge in [-0.1, -0.05) is 13.3 Å². The van der Waals surface area contributed by atoms with Gasteiger partial charge in [-0.2, -0.15) is 0 Å². The molecule has 1 aromatic rings. The van der Waals surface area contributed by atoms with Gasteiger partial charge in [-0.25, -0.2) is 8.78 Å². The van der Waals surface area contributed by atoms with Crippen LogP contribution in [0.25, 0.3) is 0 Å². The lowest BCUT2D eigenvalue weighted by Crippen LogP contribution is -2.38. The Hall–Kier alpha value is -1.98. The normalized spacial score (nSPS) is 11.9. The molecule has 1 aromatic carbocycles. The van der Waals surface area contributed by atoms with Crippen molar-refractivity contribution in [2.24, 2.45) is 11.7 Å². The van der Waals surface area contributed by atoms with Gasteiger partial charge in [-0.15, -0.1) is 0 Å². The van der Waals surface area contributed by atoms with E-state index >= 15 is 0 Å². The first kappa shape index (κ1) is 15.1. The molecule has 0 fully saturated rings. The third kappa shape index (κ3) is 4.65. The highest BCUT2D eigenvalue weighted by molar-refractivity contribution is 5.99. The van der Waals surface area contributed by atoms with E-state index in [1.165, 1.54) is 0 Å². The number of benzene rings is 1. The molecule has 0 aliphatic heterocycles. The molecule has 3 N–H and O–H groups in total. The van der Waals surface area contributed by atoms with Crippen LogP contribution in [0.5, 0.6) is 0 Å². The molecule has 0 saturated heterocycles. The summed E-state index contributed by atoms with van der Waals surface area (Å²) in [5, 5.41) is 2.45. The number of carbonyl (C=O) groups is 2. The molecule has 2 amide bonds. The Labute approximate surface area is 110 Å². The van der Waals surface area contributed by atoms with Crippen LogP contribution in [0.2, 0.25) is 0 Å². The van der Waals surface area contributed by atoms with Crippen LogP contribution in [0.3, 0.4) is 0 Å². The Kier molecular flexibility index (Phi) is 5.41. The van der Waals surface area contributed by atoms with Gasteiger partial charge >= 0.3 is 0 Å². The largest absolute Gasteiger partial charge is 0.369 e. The third-order valence-electron chi connectivity index (χ3n) is 2.63. The number of amides is 2. The summed E-state index contributed by atoms with van der Waals surface area (Å²) in [6.45, 7) is 1.77. The van der Waals surface area contributed by atoms with Gasteiger partial charge in [0.05, 0.1) is 0 Å². The van der Waals surface area contributed by atoms with Gasteiger partial charge in [-0.3, -0.25) is 9.59 Å². The lowest BCUT2D eigenvalue weighted by molar-refractivity contribution is -0.133. The lowest BCUT2D eigenvalue weighted by atomic mass is 10.0. The van der Waals surface area contributed by atoms with E-state index in [0.717, 1.165) is 18.2 Å². The summed E-state index contributed by atoms with van der Waals surface area (Å²) in [5.74, 6) is -3.58. The Morgan fingerprint density at radius 1 is 1.26 bits per heavy atom. The lowest BCUT2D eigenvalue weighted by Gasteiger charge is -2.12. The number of nitrogens with one attached hydrogen (secondary N) is 1. The molecule has 19 heavy (non-hydrogen) atoms. The summed E-state index contributed by atoms with van der Waals surface area (Å²) in [6.07, 6.45) is 0.980. The Morgan fingerprint density at radius 2 is 1.84 bits per heavy atom. The van der Waals surface area contributed by atoms with Crippen molar-refractivity contribution in [3.8, 4) is 0 Å². The van der Waals surface area contributed by atoms with E-state index < -0.39 is 29.4 Å². The van der Waals surface area contributed by atoms with Crippen LogP contribution in [-0.4, -0.2) is 11.8 Å². The van der Waals surface area contributed by atoms with Crippen molar-refractivity contribution in [3.63, 3.8) is 0 Å². The molecule has 1 atom stereocenters. The van der Waals surface area contributed by atoms with E-state index in [0.29, 0.717) is 12.8 Å². The Bertz CT molecular complexity index is 457. The smallest absolute Gasteiger partial charge is 0.232 e. The molecule has 6 heteroatoms. The SMILES string of the molecule is CCCC(C(N)=O)C(=O)NCc1cc(F)cc(F)c1. The van der Waals surface area contributed by atoms with E-state index in [4.69, 9.17) is 5.73 Å². The van der Waals surface area contributed by atoms with Crippen molar-refractivity contribution in [1.82, 2.24) is 5.32 Å². The summed E-state index contributed by atoms with van der Waals surface area (Å²) < 4.78 is 25.9. The van der Waals surface area contributed by atoms with Gasteiger partial charge < -0.3 is 11.1 Å². The molecule has 104 valence electrons. The van der Waals surface area contributed by atoms with Gasteiger partial charge in [0.2, 0.25) is 11.8 Å². The average Bonchev–Trinajstić information content (AvgIpc) is 2.31. The molecule has 0 aromatic heterocycles. The second kappa shape index (κ2) is 6.82. The van der Waals surface area contributed by atoms with E-state index in [9.17, 15) is 18.4 Å². The first-order chi connectivity index (χ1) is 8.93. The fraction of sp³-hybridized carbons (Fsp3) is 0.385. The van der Waals surface area contributed by atoms with Gasteiger partial charge in [0, 0.05) is 12.6 Å². The summed E-state index contributed by atoms with van der Waals surface area (Å²) in [5.41, 5.74) is 5.40. The molecule has 0 aliphatic carbocycles. The third-order valence-corrected chi connectivity index (χ3v) is 2.63. The second-order valence-corrected chi connectivity index (χ2v) is 4.24. The zero-order valence-corrected chi connectivity index (χ0v) is 10.6. The van der Waals surface area contributed by atoms with Gasteiger partial charge in [0.1, 0.15) is 17.6 Å². The zero-order chi connectivity index (χ0) is 14.4. The molecular formula is C13H16F2N2O2. The number of primary amides is 1. The van der Waals surface area contributed by atoms with Gasteiger partial charge in [-0.05, 0) is 24.1 Å². The minimum Gasteiger partial charge on any atom is -0.369 e. The van der Waals surface area contributed by atoms with Crippen molar-refractivity contribution < 1.29 is 18.4 Å². The molecule has 0 saturated carbocycles. The topological polar surface area (TPSA) is 72.2 Å². The molecular weight excluding hydrogens is 254 g/mol. The molecule has 1 rings (SSSR count). The highest BCUT2D eigenvalue weighted by Gasteiger charge is 2.22. The van der Waals surface area contributed by atoms with Crippen molar-refractivity contribution in [2.45, 2.75) is 26.3 Å². The van der Waals surface area contributed by atoms with Crippen molar-refractivity contribution in [2.75, 3.05) is 0 Å². The molecule has 0 spiro atoms. The van der Waals surface area contributed by atoms with Crippen LogP contribution in [0.4, 0.5) is 8.78 Å². The van der Waals surface area contributed by atoms with Crippen LogP contribution in [-0.2, 0) is 16.1 Å².